The maximum absolute atomic E-state index is 8.52. The predicted molar refractivity (Wildman–Crippen MR) is 15.5 cm³/mol. The summed E-state index contributed by atoms with van der Waals surface area (Å²) in [4.78, 5) is 0. The molecule has 0 amide bonds. The van der Waals surface area contributed by atoms with Gasteiger partial charge in [-0.1, -0.05) is 0 Å². The summed E-state index contributed by atoms with van der Waals surface area (Å²) in [5, 5.41) is 0. The van der Waals surface area contributed by atoms with Crippen molar-refractivity contribution in [3.05, 3.63) is 0 Å². The molecule has 0 aliphatic heterocycles. The Kier molecular flexibility index (Phi) is 23.2. The molecule has 0 atom stereocenters. The predicted octanol–water partition coefficient (Wildman–Crippen LogP) is -1.18. The largest absolute Gasteiger partial charge is 2.00 e. The summed E-state index contributed by atoms with van der Waals surface area (Å²) in [6, 6.07) is 0. The molecule has 0 aliphatic rings. The second-order valence-electron chi connectivity index (χ2n) is 0.408. The zero-order valence-electron chi connectivity index (χ0n) is 4.16. The number of hydrogen-bond donors (Lipinski definition) is 1. The van der Waals surface area contributed by atoms with Crippen LogP contribution in [0.5, 0.6) is 0 Å². The third kappa shape index (κ3) is 225. The van der Waals surface area contributed by atoms with Crippen LogP contribution in [0.15, 0.2) is 0 Å². The van der Waals surface area contributed by atoms with Crippen LogP contribution in [0.3, 0.4) is 0 Å². The van der Waals surface area contributed by atoms with Crippen molar-refractivity contribution < 1.29 is 56.5 Å². The van der Waals surface area contributed by atoms with Crippen LogP contribution in [-0.2, 0) is 49.4 Å². The minimum atomic E-state index is -5.17. The topological polar surface area (TPSA) is 115 Å². The maximum atomic E-state index is 8.52. The van der Waals surface area contributed by atoms with Crippen LogP contribution in [0, 0.1) is 0 Å². The first kappa shape index (κ1) is 23.0. The molecule has 8 heavy (non-hydrogen) atoms. The molecule has 8 heteroatoms. The van der Waals surface area contributed by atoms with E-state index in [0.717, 1.165) is 0 Å². The molecule has 0 bridgehead atoms. The third-order valence-electron chi connectivity index (χ3n) is 0. The summed E-state index contributed by atoms with van der Waals surface area (Å²) < 4.78 is 34.1. The van der Waals surface area contributed by atoms with E-state index in [1.54, 1.807) is 0 Å². The van der Waals surface area contributed by atoms with Crippen molar-refractivity contribution in [2.24, 2.45) is 0 Å². The van der Waals surface area contributed by atoms with Gasteiger partial charge in [-0.05, 0) is 0 Å². The van der Waals surface area contributed by atoms with E-state index in [9.17, 15) is 0 Å². The van der Waals surface area contributed by atoms with Crippen LogP contribution < -0.4 is 6.15 Å². The molecular formula is H3NO4SZn2+2. The molecule has 0 aromatic rings. The van der Waals surface area contributed by atoms with Gasteiger partial charge in [-0.25, -0.2) is 0 Å². The van der Waals surface area contributed by atoms with E-state index in [1.165, 1.54) is 0 Å². The molecule has 5 nitrogen and oxygen atoms in total. The molecule has 3 N–H and O–H groups in total. The van der Waals surface area contributed by atoms with E-state index in [4.69, 9.17) is 17.5 Å². The fourth-order valence-corrected chi connectivity index (χ4v) is 0. The molecule has 0 aliphatic carbocycles. The SMILES string of the molecule is N.O=S(=O)([O-])[O-].[Zn+2].[Zn+2]. The molecule has 0 saturated carbocycles. The Balaban J connectivity index is -0.0000000267. The van der Waals surface area contributed by atoms with Gasteiger partial charge in [-0.3, -0.25) is 8.42 Å². The molecule has 0 radical (unpaired) electrons. The van der Waals surface area contributed by atoms with E-state index in [1.807, 2.05) is 0 Å². The zero-order chi connectivity index (χ0) is 4.50. The minimum Gasteiger partial charge on any atom is -0.759 e. The van der Waals surface area contributed by atoms with E-state index in [2.05, 4.69) is 0 Å². The van der Waals surface area contributed by atoms with Crippen molar-refractivity contribution in [2.75, 3.05) is 0 Å². The Morgan fingerprint density at radius 1 is 1.00 bits per heavy atom. The Bertz CT molecular complexity index is 97.2. The average Bonchev–Trinajstić information content (AvgIpc) is 0.722. The fraction of sp³-hybridized carbons (Fsp3) is 0. The molecule has 0 unspecified atom stereocenters. The first-order valence-corrected chi connectivity index (χ1v) is 2.00. The Hall–Kier alpha value is 1.08. The van der Waals surface area contributed by atoms with Gasteiger partial charge >= 0.3 is 39.0 Å². The Morgan fingerprint density at radius 2 is 1.00 bits per heavy atom. The van der Waals surface area contributed by atoms with E-state index in [0.29, 0.717) is 0 Å². The van der Waals surface area contributed by atoms with Gasteiger partial charge in [0.25, 0.3) is 0 Å². The van der Waals surface area contributed by atoms with E-state index < -0.39 is 10.4 Å². The van der Waals surface area contributed by atoms with Crippen LogP contribution in [0.1, 0.15) is 0 Å². The van der Waals surface area contributed by atoms with Gasteiger partial charge in [0.15, 0.2) is 0 Å². The van der Waals surface area contributed by atoms with Gasteiger partial charge in [-0.15, -0.1) is 0 Å². The summed E-state index contributed by atoms with van der Waals surface area (Å²) in [6.45, 7) is 0. The molecule has 0 fully saturated rings. The molecular weight excluding hydrogens is 241 g/mol. The van der Waals surface area contributed by atoms with Gasteiger partial charge in [0, 0.05) is 10.4 Å². The van der Waals surface area contributed by atoms with E-state index in [-0.39, 0.29) is 45.1 Å². The van der Waals surface area contributed by atoms with E-state index >= 15 is 0 Å². The minimum absolute atomic E-state index is 0. The van der Waals surface area contributed by atoms with Crippen LogP contribution in [-0.4, -0.2) is 17.5 Å². The molecule has 0 saturated heterocycles. The second-order valence-corrected chi connectivity index (χ2v) is 1.22. The van der Waals surface area contributed by atoms with Crippen molar-refractivity contribution in [2.45, 2.75) is 0 Å². The fourth-order valence-electron chi connectivity index (χ4n) is 0. The maximum Gasteiger partial charge on any atom is 2.00 e. The molecule has 0 heterocycles. The number of hydrogen-bond acceptors (Lipinski definition) is 5. The molecule has 0 aromatic carbocycles. The van der Waals surface area contributed by atoms with Crippen molar-refractivity contribution in [3.8, 4) is 0 Å². The standard InChI is InChI=1S/H3N.H2O4S.2Zn/c;1-5(2,3)4;;/h1H3;(H2,1,2,3,4);;/q;;2*+2/p-2. The van der Waals surface area contributed by atoms with Crippen molar-refractivity contribution >= 4 is 10.4 Å². The smallest absolute Gasteiger partial charge is 0.759 e. The molecule has 0 rings (SSSR count). The average molecular weight is 244 g/mol. The van der Waals surface area contributed by atoms with Crippen LogP contribution >= 0.6 is 0 Å². The quantitative estimate of drug-likeness (QED) is 0.327. The summed E-state index contributed by atoms with van der Waals surface area (Å²) in [5.74, 6) is 0. The Morgan fingerprint density at radius 3 is 1.00 bits per heavy atom. The van der Waals surface area contributed by atoms with Crippen LogP contribution in [0.25, 0.3) is 0 Å². The Labute approximate surface area is 72.9 Å². The first-order chi connectivity index (χ1) is 2.00. The first-order valence-electron chi connectivity index (χ1n) is 0.667. The van der Waals surface area contributed by atoms with Gasteiger partial charge in [0.2, 0.25) is 0 Å². The molecule has 0 aromatic heterocycles. The zero-order valence-corrected chi connectivity index (χ0v) is 10.9. The normalized spacial score (nSPS) is 7.25. The van der Waals surface area contributed by atoms with Crippen molar-refractivity contribution in [3.63, 3.8) is 0 Å². The van der Waals surface area contributed by atoms with Crippen molar-refractivity contribution in [1.29, 1.82) is 0 Å². The van der Waals surface area contributed by atoms with Gasteiger partial charge in [-0.2, -0.15) is 0 Å². The summed E-state index contributed by atoms with van der Waals surface area (Å²) >= 11 is 0. The summed E-state index contributed by atoms with van der Waals surface area (Å²) in [6.07, 6.45) is 0. The van der Waals surface area contributed by atoms with Gasteiger partial charge in [0.05, 0.1) is 0 Å². The monoisotopic (exact) mass is 241 g/mol. The second kappa shape index (κ2) is 8.08. The summed E-state index contributed by atoms with van der Waals surface area (Å²) in [7, 11) is -5.17. The summed E-state index contributed by atoms with van der Waals surface area (Å²) in [5.41, 5.74) is 0. The molecule has 0 spiro atoms. The van der Waals surface area contributed by atoms with Crippen molar-refractivity contribution in [1.82, 2.24) is 6.15 Å². The molecule has 40 valence electrons. The third-order valence-corrected chi connectivity index (χ3v) is 0. The van der Waals surface area contributed by atoms with Crippen LogP contribution in [0.2, 0.25) is 0 Å². The number of rotatable bonds is 0. The van der Waals surface area contributed by atoms with Crippen LogP contribution in [0.4, 0.5) is 0 Å². The van der Waals surface area contributed by atoms with Gasteiger partial charge in [0.1, 0.15) is 0 Å². The van der Waals surface area contributed by atoms with Gasteiger partial charge < -0.3 is 15.3 Å².